The third-order valence-electron chi connectivity index (χ3n) is 6.86. The number of nitrogens with zero attached hydrogens (tertiary/aromatic N) is 1. The number of phenolic OH excluding ortho intramolecular Hbond substituents is 1. The fraction of sp³-hybridized carbons (Fsp3) is 0.303. The lowest BCUT2D eigenvalue weighted by Gasteiger charge is -2.20. The Morgan fingerprint density at radius 3 is 2.16 bits per heavy atom. The number of likely N-dealkylation sites (N-methyl/N-ethyl adjacent to an activating group) is 1. The van der Waals surface area contributed by atoms with Crippen LogP contribution in [0.4, 0.5) is 0 Å². The van der Waals surface area contributed by atoms with Gasteiger partial charge in [0.2, 0.25) is 0 Å². The molecule has 12 heteroatoms. The quantitative estimate of drug-likeness (QED) is 0.137. The van der Waals surface area contributed by atoms with Crippen molar-refractivity contribution in [2.45, 2.75) is 11.8 Å². The molecule has 0 aliphatic rings. The van der Waals surface area contributed by atoms with E-state index in [2.05, 4.69) is 11.8 Å². The van der Waals surface area contributed by atoms with E-state index < -0.39 is 15.8 Å². The van der Waals surface area contributed by atoms with Gasteiger partial charge in [-0.2, -0.15) is 0 Å². The maximum Gasteiger partial charge on any atom is 0.329 e. The van der Waals surface area contributed by atoms with Gasteiger partial charge < -0.3 is 29.2 Å². The second kappa shape index (κ2) is 17.0. The Balaban J connectivity index is 0.00000552. The van der Waals surface area contributed by atoms with E-state index in [4.69, 9.17) is 24.1 Å². The molecule has 242 valence electrons. The molecule has 0 heterocycles. The minimum absolute atomic E-state index is 0. The normalized spacial score (nSPS) is 11.4. The van der Waals surface area contributed by atoms with Crippen LogP contribution in [-0.4, -0.2) is 88.4 Å². The third kappa shape index (κ3) is 10.6. The number of benzene rings is 4. The number of hydrogen-bond acceptors (Lipinski definition) is 9. The highest BCUT2D eigenvalue weighted by atomic mass is 35.5. The zero-order valence-electron chi connectivity index (χ0n) is 25.2. The van der Waals surface area contributed by atoms with Crippen molar-refractivity contribution in [3.63, 3.8) is 0 Å². The van der Waals surface area contributed by atoms with Gasteiger partial charge in [-0.3, -0.25) is 4.90 Å². The Bertz CT molecular complexity index is 1650. The van der Waals surface area contributed by atoms with E-state index in [-0.39, 0.29) is 36.3 Å². The molecule has 0 fully saturated rings. The smallest absolute Gasteiger partial charge is 0.329 e. The predicted octanol–water partition coefficient (Wildman–Crippen LogP) is 5.65. The van der Waals surface area contributed by atoms with Gasteiger partial charge in [0.25, 0.3) is 0 Å². The summed E-state index contributed by atoms with van der Waals surface area (Å²) in [7, 11) is -3.33. The molecule has 4 aromatic carbocycles. The first-order valence-corrected chi connectivity index (χ1v) is 16.1. The van der Waals surface area contributed by atoms with Crippen molar-refractivity contribution < 1.29 is 42.4 Å². The molecule has 0 saturated carbocycles. The molecule has 2 N–H and O–H groups in total. The second-order valence-corrected chi connectivity index (χ2v) is 12.1. The number of carboxylic acid groups (broad SMARTS) is 1. The van der Waals surface area contributed by atoms with E-state index in [9.17, 15) is 18.3 Å². The number of carboxylic acids is 1. The number of ether oxygens (including phenoxy) is 4. The van der Waals surface area contributed by atoms with Crippen LogP contribution in [0.15, 0.2) is 83.8 Å². The maximum absolute atomic E-state index is 12.0. The zero-order chi connectivity index (χ0) is 31.5. The summed E-state index contributed by atoms with van der Waals surface area (Å²) >= 11 is 0. The molecule has 0 aliphatic heterocycles. The Morgan fingerprint density at radius 1 is 0.822 bits per heavy atom. The van der Waals surface area contributed by atoms with E-state index in [1.165, 1.54) is 6.26 Å². The fourth-order valence-electron chi connectivity index (χ4n) is 4.52. The van der Waals surface area contributed by atoms with Crippen LogP contribution in [0.3, 0.4) is 0 Å². The van der Waals surface area contributed by atoms with Crippen molar-refractivity contribution in [1.82, 2.24) is 4.90 Å². The highest BCUT2D eigenvalue weighted by Crippen LogP contribution is 2.41. The van der Waals surface area contributed by atoms with Crippen LogP contribution in [0.25, 0.3) is 21.9 Å². The lowest BCUT2D eigenvalue weighted by Crippen LogP contribution is -2.31. The van der Waals surface area contributed by atoms with E-state index >= 15 is 0 Å². The average molecular weight is 660 g/mol. The summed E-state index contributed by atoms with van der Waals surface area (Å²) in [5, 5.41) is 20.2. The minimum atomic E-state index is -3.33. The summed E-state index contributed by atoms with van der Waals surface area (Å²) in [5.41, 5.74) is 1.57. The zero-order valence-corrected chi connectivity index (χ0v) is 26.8. The molecule has 4 aromatic rings. The molecule has 0 unspecified atom stereocenters. The Labute approximate surface area is 269 Å². The number of halogens is 1. The number of rotatable bonds is 17. The van der Waals surface area contributed by atoms with Crippen molar-refractivity contribution in [1.29, 1.82) is 0 Å². The summed E-state index contributed by atoms with van der Waals surface area (Å²) < 4.78 is 46.7. The standard InChI is InChI=1S/C33H37NO9S.ClH/c1-3-34(16-18-40-20-21-41-23-32(36)37)17-19-42-27-8-10-28(11-9-27)43-33-30(14-6-25-22-26(35)7-15-31(25)33)24-4-12-29(13-5-24)44(2,38)39;/h4-15,22,35H,3,16-21,23H2,1-2H3,(H,36,37);1H. The van der Waals surface area contributed by atoms with Gasteiger partial charge in [-0.15, -0.1) is 12.4 Å². The third-order valence-corrected chi connectivity index (χ3v) is 7.99. The molecule has 45 heavy (non-hydrogen) atoms. The van der Waals surface area contributed by atoms with Crippen LogP contribution in [0.2, 0.25) is 0 Å². The van der Waals surface area contributed by atoms with Crippen molar-refractivity contribution in [3.05, 3.63) is 78.9 Å². The SMILES string of the molecule is CCN(CCOCCOCC(=O)O)CCOc1ccc(Oc2c(-c3ccc(S(C)(=O)=O)cc3)ccc3cc(O)ccc23)cc1.Cl. The number of sulfone groups is 1. The van der Waals surface area contributed by atoms with Crippen LogP contribution in [0.1, 0.15) is 6.92 Å². The Kier molecular flexibility index (Phi) is 13.4. The van der Waals surface area contributed by atoms with Crippen LogP contribution in [-0.2, 0) is 24.1 Å². The van der Waals surface area contributed by atoms with Gasteiger partial charge in [-0.05, 0) is 78.2 Å². The largest absolute Gasteiger partial charge is 0.508 e. The first kappa shape index (κ1) is 35.6. The Morgan fingerprint density at radius 2 is 1.49 bits per heavy atom. The van der Waals surface area contributed by atoms with Gasteiger partial charge in [0.15, 0.2) is 9.84 Å². The van der Waals surface area contributed by atoms with E-state index in [1.54, 1.807) is 42.5 Å². The number of aliphatic carboxylic acids is 1. The van der Waals surface area contributed by atoms with E-state index in [0.717, 1.165) is 28.4 Å². The van der Waals surface area contributed by atoms with Gasteiger partial charge in [-0.25, -0.2) is 13.2 Å². The van der Waals surface area contributed by atoms with Crippen LogP contribution < -0.4 is 9.47 Å². The summed E-state index contributed by atoms with van der Waals surface area (Å²) in [4.78, 5) is 12.9. The summed E-state index contributed by atoms with van der Waals surface area (Å²) in [6.45, 7) is 5.56. The number of aromatic hydroxyl groups is 1. The highest BCUT2D eigenvalue weighted by Gasteiger charge is 2.15. The molecule has 0 aliphatic carbocycles. The van der Waals surface area contributed by atoms with Crippen LogP contribution in [0.5, 0.6) is 23.0 Å². The fourth-order valence-corrected chi connectivity index (χ4v) is 5.15. The summed E-state index contributed by atoms with van der Waals surface area (Å²) in [5.74, 6) is 1.01. The first-order valence-electron chi connectivity index (χ1n) is 14.2. The first-order chi connectivity index (χ1) is 21.1. The van der Waals surface area contributed by atoms with E-state index in [0.29, 0.717) is 50.2 Å². The summed E-state index contributed by atoms with van der Waals surface area (Å²) in [6.07, 6.45) is 1.18. The Hall–Kier alpha value is -3.87. The lowest BCUT2D eigenvalue weighted by molar-refractivity contribution is -0.142. The molecule has 0 atom stereocenters. The molecule has 0 spiro atoms. The van der Waals surface area contributed by atoms with Gasteiger partial charge in [-0.1, -0.05) is 25.1 Å². The molecule has 0 saturated heterocycles. The molecular weight excluding hydrogens is 622 g/mol. The summed E-state index contributed by atoms with van der Waals surface area (Å²) in [6, 6.07) is 22.8. The number of phenols is 1. The molecule has 0 bridgehead atoms. The number of hydrogen-bond donors (Lipinski definition) is 2. The molecule has 0 aromatic heterocycles. The van der Waals surface area contributed by atoms with Gasteiger partial charge in [0.1, 0.15) is 36.2 Å². The highest BCUT2D eigenvalue weighted by molar-refractivity contribution is 7.90. The predicted molar refractivity (Wildman–Crippen MR) is 175 cm³/mol. The van der Waals surface area contributed by atoms with Crippen molar-refractivity contribution >= 4 is 39.0 Å². The molecule has 4 rings (SSSR count). The molecular formula is C33H38ClNO9S. The van der Waals surface area contributed by atoms with Gasteiger partial charge in [0.05, 0.1) is 24.7 Å². The van der Waals surface area contributed by atoms with Crippen molar-refractivity contribution in [2.24, 2.45) is 0 Å². The molecule has 10 nitrogen and oxygen atoms in total. The van der Waals surface area contributed by atoms with Crippen LogP contribution >= 0.6 is 12.4 Å². The monoisotopic (exact) mass is 659 g/mol. The minimum Gasteiger partial charge on any atom is -0.508 e. The second-order valence-electron chi connectivity index (χ2n) is 10.1. The van der Waals surface area contributed by atoms with Crippen LogP contribution in [0, 0.1) is 0 Å². The number of fused-ring (bicyclic) bond motifs is 1. The lowest BCUT2D eigenvalue weighted by atomic mass is 9.99. The maximum atomic E-state index is 12.0. The van der Waals surface area contributed by atoms with Crippen molar-refractivity contribution in [2.75, 3.05) is 58.9 Å². The van der Waals surface area contributed by atoms with Crippen molar-refractivity contribution in [3.8, 4) is 34.1 Å². The number of carbonyl (C=O) groups is 1. The topological polar surface area (TPSA) is 132 Å². The average Bonchev–Trinajstić information content (AvgIpc) is 3.00. The van der Waals surface area contributed by atoms with Gasteiger partial charge in [0, 0.05) is 30.3 Å². The molecule has 0 radical (unpaired) electrons. The van der Waals surface area contributed by atoms with Gasteiger partial charge >= 0.3 is 5.97 Å². The van der Waals surface area contributed by atoms with E-state index in [1.807, 2.05) is 36.4 Å². The molecule has 0 amide bonds.